The van der Waals surface area contributed by atoms with E-state index in [0.717, 1.165) is 197 Å². The number of imidazole rings is 4. The highest BCUT2D eigenvalue weighted by molar-refractivity contribution is 5.90. The number of aliphatic carboxylic acids is 1. The molecule has 15 atom stereocenters. The summed E-state index contributed by atoms with van der Waals surface area (Å²) in [5.74, 6) is 5.13. The van der Waals surface area contributed by atoms with Crippen LogP contribution in [0, 0.1) is 59.2 Å². The van der Waals surface area contributed by atoms with Crippen LogP contribution in [0.1, 0.15) is 332 Å². The first kappa shape index (κ1) is 101. The maximum Gasteiger partial charge on any atom is 0.407 e. The van der Waals surface area contributed by atoms with Crippen LogP contribution in [-0.2, 0) is 89.5 Å². The molecule has 8 aromatic carbocycles. The van der Waals surface area contributed by atoms with E-state index in [-0.39, 0.29) is 72.5 Å². The SMILES string of the molecule is COC(=O)C[C@H](C(=O)N1[C@H](c2nc3ccc(-c4cc5ccc4CCCCc4ccc(c(-c6ccc7nc([C@@H]8C[C@@H]9CCCC[C@@H]9N8C(=O)[C@@H](NC(=O)OC)C(C)C)[nH]c7c6)c4)CCCC5)cc3[nH]2)C[C@@H]2CCCC[C@@H]21)C(C)C.COC(=O)C[C@H](C(=O)O)C(C)C.c1cc2c(-c3ccc4nc(C5C[C@H]6CCCC[C@H]6C5)[nH]c4c3)cc1CCCCc1ccc(cc1-c1ccc3nc([C@@H]4C[C@@H]5CCCC[C@@H]5N4)[nH]c3c1)CCCC2. The smallest absolute Gasteiger partial charge is 0.407 e. The number of aryl methyl sites for hydroxylation is 8. The van der Waals surface area contributed by atoms with Crippen LogP contribution in [-0.4, -0.2) is 136 Å². The molecule has 12 aromatic rings. The van der Waals surface area contributed by atoms with E-state index in [1.807, 2.05) is 27.7 Å². The van der Waals surface area contributed by atoms with Crippen LogP contribution in [0.25, 0.3) is 88.6 Å². The van der Waals surface area contributed by atoms with Crippen molar-refractivity contribution in [3.05, 3.63) is 213 Å². The number of amides is 3. The molecule has 3 saturated heterocycles. The van der Waals surface area contributed by atoms with Gasteiger partial charge in [0.25, 0.3) is 0 Å². The minimum absolute atomic E-state index is 0.00516. The zero-order chi connectivity index (χ0) is 101. The van der Waals surface area contributed by atoms with Gasteiger partial charge in [-0.2, -0.15) is 0 Å². The number of carbonyl (C=O) groups excluding carboxylic acids is 5. The molecule has 770 valence electrons. The first-order valence-corrected chi connectivity index (χ1v) is 56.1. The molecule has 0 radical (unpaired) electrons. The summed E-state index contributed by atoms with van der Waals surface area (Å²) in [6, 6.07) is 56.5. The number of carboxylic acids is 1. The number of esters is 2. The highest BCUT2D eigenvalue weighted by Crippen LogP contribution is 2.53. The molecule has 146 heavy (non-hydrogen) atoms. The number of methoxy groups -OCH3 is 3. The Hall–Kier alpha value is -11.8. The van der Waals surface area contributed by atoms with E-state index in [0.29, 0.717) is 29.8 Å². The van der Waals surface area contributed by atoms with Gasteiger partial charge in [0, 0.05) is 24.0 Å². The average Bonchev–Trinajstić information content (AvgIpc) is 1.60. The lowest BCUT2D eigenvalue weighted by Gasteiger charge is -2.36. The Bertz CT molecular complexity index is 6290. The Balaban J connectivity index is 0.000000166. The fraction of sp³-hybridized carbons (Fsp3) is 0.532. The molecule has 22 heteroatoms. The lowest BCUT2D eigenvalue weighted by molar-refractivity contribution is -0.151. The zero-order valence-electron chi connectivity index (χ0n) is 87.6. The van der Waals surface area contributed by atoms with Gasteiger partial charge in [-0.05, 0) is 358 Å². The first-order chi connectivity index (χ1) is 71.0. The van der Waals surface area contributed by atoms with Gasteiger partial charge in [-0.3, -0.25) is 24.0 Å². The molecule has 28 rings (SSSR count). The molecule has 0 spiro atoms. The van der Waals surface area contributed by atoms with Gasteiger partial charge in [0.15, 0.2) is 0 Å². The van der Waals surface area contributed by atoms with E-state index in [1.165, 1.54) is 236 Å². The fourth-order valence-corrected chi connectivity index (χ4v) is 27.4. The van der Waals surface area contributed by atoms with Crippen molar-refractivity contribution < 1.29 is 48.1 Å². The molecular formula is C124H154N12O10. The van der Waals surface area contributed by atoms with Gasteiger partial charge in [-0.1, -0.05) is 203 Å². The van der Waals surface area contributed by atoms with Crippen LogP contribution >= 0.6 is 0 Å². The third kappa shape index (κ3) is 22.5. The second kappa shape index (κ2) is 45.5. The van der Waals surface area contributed by atoms with Crippen LogP contribution in [0.3, 0.4) is 0 Å². The number of nitrogens with zero attached hydrogens (tertiary/aromatic N) is 6. The summed E-state index contributed by atoms with van der Waals surface area (Å²) >= 11 is 0. The zero-order valence-corrected chi connectivity index (χ0v) is 87.6. The Morgan fingerprint density at radius 3 is 1.09 bits per heavy atom. The van der Waals surface area contributed by atoms with E-state index in [4.69, 9.17) is 34.5 Å². The number of nitrogens with one attached hydrogen (secondary N) is 6. The third-order valence-corrected chi connectivity index (χ3v) is 35.6. The van der Waals surface area contributed by atoms with E-state index >= 15 is 0 Å². The van der Waals surface area contributed by atoms with Gasteiger partial charge in [0.1, 0.15) is 29.3 Å². The maximum absolute atomic E-state index is 14.6. The average molecular weight is 1970 g/mol. The standard InChI is InChI=1S/C65H81N7O6.C51H59N5.C8H14O4/c1-38(2)48(37-59(73)77-5)63(74)71-55-21-13-11-19-46(55)35-57(71)61-66-51-29-27-44(33-53(51)68-61)49-31-40-15-8-10-18-43-26-24-41(16-7-9-17-42(49)25-23-40)32-50(43)45-28-30-52-54(34-45)69-62(67-52)58-36-47-20-12-14-22-56(47)72(58)64(75)60(39(3)4)70-65(76)78-6;1-3-11-34-19-17-32(25-42(34)38-21-23-45-47(29-38)55-50(53-45)41-27-36-13-5-6-14-37(36)28-41)9-2-4-12-35-20-18-33(10-1)26-43(35)39-22-24-46-48(30-39)56-51(54-46)49-31-40-15-7-8-16-44(40)52-49;1-5(2)6(8(10)11)4-7(9)12-3/h23-34,38-39,46-48,55-58,60H,7-22,35-37H2,1-6H3,(H,66,68)(H,67,69)(H,70,76);17-26,29-30,36-37,40-41,44,49,52H,1-16,27-28,31H2,(H,53,55)(H,54,56);5-6H,4H2,1-3H3,(H,10,11)/t46-,47-,48-,55-,56-,57-,58-,60-;36-,37+,40-,41?,44-,49-;6-/m000/s1. The van der Waals surface area contributed by atoms with Gasteiger partial charge in [-0.25, -0.2) is 24.7 Å². The predicted octanol–water partition coefficient (Wildman–Crippen LogP) is 26.5. The summed E-state index contributed by atoms with van der Waals surface area (Å²) in [6.45, 7) is 11.5. The quantitative estimate of drug-likeness (QED) is 0.0292. The number of aromatic nitrogens is 8. The number of hydrogen-bond donors (Lipinski definition) is 7. The molecule has 4 aromatic heterocycles. The number of rotatable bonds is 19. The Kier molecular flexibility index (Phi) is 31.6. The van der Waals surface area contributed by atoms with Crippen molar-refractivity contribution >= 4 is 79.9 Å². The maximum atomic E-state index is 14.6. The molecule has 22 nitrogen and oxygen atoms in total. The van der Waals surface area contributed by atoms with Crippen molar-refractivity contribution in [1.29, 1.82) is 0 Å². The Morgan fingerprint density at radius 1 is 0.356 bits per heavy atom. The number of carboxylic acid groups (broad SMARTS) is 1. The highest BCUT2D eigenvalue weighted by atomic mass is 16.5. The molecule has 1 unspecified atom stereocenters. The number of alkyl carbamates (subject to hydrolysis) is 1. The molecule has 16 aliphatic rings. The fourth-order valence-electron chi connectivity index (χ4n) is 27.4. The largest absolute Gasteiger partial charge is 0.481 e. The Labute approximate surface area is 861 Å². The van der Waals surface area contributed by atoms with Gasteiger partial charge >= 0.3 is 24.0 Å². The molecule has 3 amide bonds. The molecular weight excluding hydrogens is 1820 g/mol. The van der Waals surface area contributed by atoms with Crippen LogP contribution in [0.4, 0.5) is 4.79 Å². The van der Waals surface area contributed by atoms with Crippen molar-refractivity contribution in [2.75, 3.05) is 21.3 Å². The van der Waals surface area contributed by atoms with Crippen LogP contribution in [0.5, 0.6) is 0 Å². The number of hydrogen-bond acceptors (Lipinski definition) is 14. The number of benzene rings is 8. The molecule has 8 bridgehead atoms. The number of carbonyl (C=O) groups is 6. The second-order valence-electron chi connectivity index (χ2n) is 46.0. The summed E-state index contributed by atoms with van der Waals surface area (Å²) in [5, 5.41) is 15.5. The van der Waals surface area contributed by atoms with E-state index in [9.17, 15) is 28.8 Å². The minimum Gasteiger partial charge on any atom is -0.481 e. The minimum atomic E-state index is -0.949. The number of fused-ring (bicyclic) bond motifs is 8. The molecule has 7 heterocycles. The van der Waals surface area contributed by atoms with Crippen LogP contribution in [0.2, 0.25) is 0 Å². The van der Waals surface area contributed by atoms with Crippen molar-refractivity contribution in [1.82, 2.24) is 60.3 Å². The molecule has 7 N–H and O–H groups in total. The number of likely N-dealkylation sites (tertiary alicyclic amines) is 2. The van der Waals surface area contributed by atoms with Gasteiger partial charge in [0.2, 0.25) is 11.8 Å². The molecule has 3 aliphatic heterocycles. The van der Waals surface area contributed by atoms with Crippen LogP contribution in [0.15, 0.2) is 146 Å². The van der Waals surface area contributed by atoms with Crippen molar-refractivity contribution in [3.8, 4) is 44.5 Å². The summed E-state index contributed by atoms with van der Waals surface area (Å²) in [7, 11) is 3.99. The topological polar surface area (TPSA) is 296 Å². The monoisotopic (exact) mass is 1970 g/mol. The summed E-state index contributed by atoms with van der Waals surface area (Å²) in [5.41, 5.74) is 30.0. The van der Waals surface area contributed by atoms with E-state index < -0.39 is 35.9 Å². The lowest BCUT2D eigenvalue weighted by Crippen LogP contribution is -2.53. The van der Waals surface area contributed by atoms with Crippen molar-refractivity contribution in [2.45, 2.75) is 340 Å². The summed E-state index contributed by atoms with van der Waals surface area (Å²) in [4.78, 5) is 115. The molecule has 13 aliphatic carbocycles. The van der Waals surface area contributed by atoms with Crippen LogP contribution < -0.4 is 10.6 Å². The summed E-state index contributed by atoms with van der Waals surface area (Å²) < 4.78 is 14.4. The number of H-pyrrole nitrogens is 4. The lowest BCUT2D eigenvalue weighted by atomic mass is 9.82. The Morgan fingerprint density at radius 2 is 0.705 bits per heavy atom. The number of aromatic amines is 4. The highest BCUT2D eigenvalue weighted by Gasteiger charge is 2.51. The van der Waals surface area contributed by atoms with Crippen molar-refractivity contribution in [3.63, 3.8) is 0 Å². The van der Waals surface area contributed by atoms with Crippen molar-refractivity contribution in [2.24, 2.45) is 59.2 Å². The van der Waals surface area contributed by atoms with Gasteiger partial charge in [0.05, 0.1) is 108 Å². The second-order valence-corrected chi connectivity index (χ2v) is 46.0. The molecule has 5 saturated carbocycles. The van der Waals surface area contributed by atoms with Gasteiger partial charge < -0.3 is 59.7 Å². The normalized spacial score (nSPS) is 23.9. The van der Waals surface area contributed by atoms with Gasteiger partial charge in [-0.15, -0.1) is 0 Å². The third-order valence-electron chi connectivity index (χ3n) is 35.6. The van der Waals surface area contributed by atoms with E-state index in [1.54, 1.807) is 13.8 Å². The number of ether oxygens (including phenoxy) is 3. The predicted molar refractivity (Wildman–Crippen MR) is 578 cm³/mol. The van der Waals surface area contributed by atoms with E-state index in [2.05, 4.69) is 191 Å². The summed E-state index contributed by atoms with van der Waals surface area (Å²) in [6.07, 6.45) is 42.3. The molecule has 8 fully saturated rings. The first-order valence-electron chi connectivity index (χ1n) is 56.1.